The highest BCUT2D eigenvalue weighted by molar-refractivity contribution is 6.30. The molecule has 0 fully saturated rings. The van der Waals surface area contributed by atoms with Gasteiger partial charge in [-0.3, -0.25) is 9.59 Å². The lowest BCUT2D eigenvalue weighted by molar-refractivity contribution is 0.0949. The maximum Gasteiger partial charge on any atom is 0.257 e. The molecule has 0 saturated heterocycles. The fourth-order valence-corrected chi connectivity index (χ4v) is 2.79. The second-order valence-corrected chi connectivity index (χ2v) is 6.55. The number of aromatic nitrogens is 1. The number of benzene rings is 2. The van der Waals surface area contributed by atoms with Crippen molar-refractivity contribution >= 4 is 28.4 Å². The number of hydrogen-bond acceptors (Lipinski definition) is 3. The number of nitrogens with one attached hydrogen (secondary N) is 2. The molecule has 1 aromatic heterocycles. The molecule has 0 aliphatic heterocycles. The zero-order valence-corrected chi connectivity index (χ0v) is 15.7. The molecule has 0 saturated carbocycles. The molecule has 0 spiro atoms. The van der Waals surface area contributed by atoms with Gasteiger partial charge in [0.2, 0.25) is 5.43 Å². The third-order valence-corrected chi connectivity index (χ3v) is 4.34. The number of carbonyl (C=O) groups excluding carboxylic acids is 1. The van der Waals surface area contributed by atoms with E-state index < -0.39 is 28.7 Å². The Labute approximate surface area is 164 Å². The minimum Gasteiger partial charge on any atom is -0.488 e. The Kier molecular flexibility index (Phi) is 5.94. The quantitative estimate of drug-likeness (QED) is 0.645. The van der Waals surface area contributed by atoms with Crippen LogP contribution in [0.5, 0.6) is 5.75 Å². The van der Waals surface area contributed by atoms with Crippen LogP contribution in [0.4, 0.5) is 8.78 Å². The zero-order valence-electron chi connectivity index (χ0n) is 14.9. The van der Waals surface area contributed by atoms with E-state index in [9.17, 15) is 18.4 Å². The molecular formula is C20H17ClF2N2O3. The number of H-pyrrole nitrogens is 1. The van der Waals surface area contributed by atoms with Crippen molar-refractivity contribution in [1.82, 2.24) is 10.3 Å². The third kappa shape index (κ3) is 3.99. The first-order valence-corrected chi connectivity index (χ1v) is 8.99. The molecule has 3 rings (SSSR count). The molecule has 0 bridgehead atoms. The van der Waals surface area contributed by atoms with Crippen LogP contribution in [0.2, 0.25) is 5.02 Å². The third-order valence-electron chi connectivity index (χ3n) is 4.09. The lowest BCUT2D eigenvalue weighted by Gasteiger charge is -2.10. The largest absolute Gasteiger partial charge is 0.488 e. The second kappa shape index (κ2) is 8.39. The van der Waals surface area contributed by atoms with Gasteiger partial charge in [0.25, 0.3) is 5.91 Å². The van der Waals surface area contributed by atoms with Gasteiger partial charge in [-0.15, -0.1) is 0 Å². The highest BCUT2D eigenvalue weighted by Crippen LogP contribution is 2.27. The number of ether oxygens (including phenoxy) is 1. The Hall–Kier alpha value is -2.93. The Morgan fingerprint density at radius 1 is 1.25 bits per heavy atom. The topological polar surface area (TPSA) is 71.2 Å². The first kappa shape index (κ1) is 19.8. The Morgan fingerprint density at radius 3 is 2.64 bits per heavy atom. The summed E-state index contributed by atoms with van der Waals surface area (Å²) in [6.45, 7) is 2.10. The molecular weight excluding hydrogens is 390 g/mol. The summed E-state index contributed by atoms with van der Waals surface area (Å²) in [5, 5.41) is 2.89. The smallest absolute Gasteiger partial charge is 0.257 e. The first-order valence-electron chi connectivity index (χ1n) is 8.61. The van der Waals surface area contributed by atoms with Crippen molar-refractivity contribution in [2.45, 2.75) is 19.9 Å². The van der Waals surface area contributed by atoms with Crippen LogP contribution in [-0.4, -0.2) is 17.5 Å². The lowest BCUT2D eigenvalue weighted by atomic mass is 10.1. The monoisotopic (exact) mass is 406 g/mol. The van der Waals surface area contributed by atoms with Crippen molar-refractivity contribution in [3.8, 4) is 5.75 Å². The van der Waals surface area contributed by atoms with Crippen LogP contribution in [0, 0.1) is 11.6 Å². The molecule has 2 N–H and O–H groups in total. The number of aromatic amines is 1. The van der Waals surface area contributed by atoms with Gasteiger partial charge in [-0.2, -0.15) is 0 Å². The number of hydrogen-bond donors (Lipinski definition) is 2. The molecule has 28 heavy (non-hydrogen) atoms. The van der Waals surface area contributed by atoms with Gasteiger partial charge in [-0.1, -0.05) is 30.7 Å². The summed E-state index contributed by atoms with van der Waals surface area (Å²) in [6.07, 6.45) is 1.67. The minimum atomic E-state index is -1.01. The van der Waals surface area contributed by atoms with Gasteiger partial charge < -0.3 is 15.0 Å². The van der Waals surface area contributed by atoms with Crippen molar-refractivity contribution in [1.29, 1.82) is 0 Å². The lowest BCUT2D eigenvalue weighted by Crippen LogP contribution is -2.28. The van der Waals surface area contributed by atoms with Crippen molar-refractivity contribution in [2.24, 2.45) is 0 Å². The van der Waals surface area contributed by atoms with Crippen LogP contribution in [0.1, 0.15) is 29.3 Å². The number of fused-ring (bicyclic) bond motifs is 1. The van der Waals surface area contributed by atoms with Gasteiger partial charge in [0.1, 0.15) is 5.56 Å². The van der Waals surface area contributed by atoms with Gasteiger partial charge in [0.05, 0.1) is 17.5 Å². The predicted octanol–water partition coefficient (Wildman–Crippen LogP) is 4.18. The molecule has 1 amide bonds. The van der Waals surface area contributed by atoms with E-state index in [1.807, 2.05) is 0 Å². The molecule has 8 heteroatoms. The molecule has 1 heterocycles. The molecule has 0 aliphatic carbocycles. The Balaban J connectivity index is 1.90. The number of carbonyl (C=O) groups is 1. The molecule has 0 atom stereocenters. The minimum absolute atomic E-state index is 0.134. The van der Waals surface area contributed by atoms with Crippen molar-refractivity contribution in [2.75, 3.05) is 6.61 Å². The summed E-state index contributed by atoms with van der Waals surface area (Å²) in [4.78, 5) is 27.5. The average molecular weight is 407 g/mol. The predicted molar refractivity (Wildman–Crippen MR) is 103 cm³/mol. The zero-order chi connectivity index (χ0) is 20.3. The summed E-state index contributed by atoms with van der Waals surface area (Å²) in [7, 11) is 0. The van der Waals surface area contributed by atoms with Gasteiger partial charge in [-0.25, -0.2) is 8.78 Å². The van der Waals surface area contributed by atoms with E-state index in [0.717, 1.165) is 17.8 Å². The maximum absolute atomic E-state index is 14.5. The molecule has 0 aliphatic rings. The van der Waals surface area contributed by atoms with Crippen LogP contribution in [0.3, 0.4) is 0 Å². The average Bonchev–Trinajstić information content (AvgIpc) is 2.68. The van der Waals surface area contributed by atoms with Crippen LogP contribution >= 0.6 is 11.6 Å². The van der Waals surface area contributed by atoms with E-state index in [1.165, 1.54) is 0 Å². The van der Waals surface area contributed by atoms with Crippen molar-refractivity contribution in [3.05, 3.63) is 74.5 Å². The number of amides is 1. The summed E-state index contributed by atoms with van der Waals surface area (Å²) < 4.78 is 33.8. The van der Waals surface area contributed by atoms with Gasteiger partial charge in [-0.05, 0) is 30.2 Å². The fraction of sp³-hybridized carbons (Fsp3) is 0.200. The molecule has 0 radical (unpaired) electrons. The van der Waals surface area contributed by atoms with E-state index in [4.69, 9.17) is 16.3 Å². The molecule has 0 unspecified atom stereocenters. The molecule has 146 valence electrons. The van der Waals surface area contributed by atoms with Gasteiger partial charge in [0, 0.05) is 17.8 Å². The second-order valence-electron chi connectivity index (χ2n) is 6.11. The van der Waals surface area contributed by atoms with Crippen molar-refractivity contribution < 1.29 is 18.3 Å². The van der Waals surface area contributed by atoms with Crippen LogP contribution < -0.4 is 15.5 Å². The SMILES string of the molecule is CCCOc1c(F)cc2c(=O)c(C(=O)NCc3ccc(Cl)cc3)c[nH]c2c1F. The molecule has 5 nitrogen and oxygen atoms in total. The normalized spacial score (nSPS) is 10.9. The summed E-state index contributed by atoms with van der Waals surface area (Å²) >= 11 is 5.81. The van der Waals surface area contributed by atoms with E-state index in [-0.39, 0.29) is 29.6 Å². The molecule has 2 aromatic carbocycles. The maximum atomic E-state index is 14.5. The van der Waals surface area contributed by atoms with Crippen LogP contribution in [-0.2, 0) is 6.54 Å². The van der Waals surface area contributed by atoms with E-state index in [2.05, 4.69) is 10.3 Å². The van der Waals surface area contributed by atoms with Crippen molar-refractivity contribution in [3.63, 3.8) is 0 Å². The Bertz CT molecular complexity index is 1080. The summed E-state index contributed by atoms with van der Waals surface area (Å²) in [6, 6.07) is 7.69. The van der Waals surface area contributed by atoms with Crippen LogP contribution in [0.15, 0.2) is 41.3 Å². The standard InChI is InChI=1S/C20H17ClF2N2O3/c1-2-7-28-19-15(22)8-13-17(16(19)23)24-10-14(18(13)26)20(27)25-9-11-3-5-12(21)6-4-11/h3-6,8,10H,2,7,9H2,1H3,(H,24,26)(H,25,27). The first-order chi connectivity index (χ1) is 13.4. The summed E-state index contributed by atoms with van der Waals surface area (Å²) in [5.74, 6) is -3.22. The van der Waals surface area contributed by atoms with Crippen LogP contribution in [0.25, 0.3) is 10.9 Å². The highest BCUT2D eigenvalue weighted by atomic mass is 35.5. The van der Waals surface area contributed by atoms with Gasteiger partial charge >= 0.3 is 0 Å². The summed E-state index contributed by atoms with van der Waals surface area (Å²) in [5.41, 5.74) is -0.457. The number of halogens is 3. The van der Waals surface area contributed by atoms with E-state index >= 15 is 0 Å². The number of rotatable bonds is 6. The number of pyridine rings is 1. The fourth-order valence-electron chi connectivity index (χ4n) is 2.66. The molecule has 3 aromatic rings. The van der Waals surface area contributed by atoms with Gasteiger partial charge in [0.15, 0.2) is 17.4 Å². The van der Waals surface area contributed by atoms with E-state index in [0.29, 0.717) is 11.4 Å². The van der Waals surface area contributed by atoms with E-state index in [1.54, 1.807) is 31.2 Å². The Morgan fingerprint density at radius 2 is 1.96 bits per heavy atom. The highest BCUT2D eigenvalue weighted by Gasteiger charge is 2.20.